The van der Waals surface area contributed by atoms with Crippen LogP contribution < -0.4 is 0 Å². The number of hydrogen-bond donors (Lipinski definition) is 0. The zero-order chi connectivity index (χ0) is 29.1. The molecule has 2 aliphatic heterocycles. The summed E-state index contributed by atoms with van der Waals surface area (Å²) in [5, 5.41) is 0.0664. The monoisotopic (exact) mass is 588 g/mol. The van der Waals surface area contributed by atoms with Gasteiger partial charge in [0.1, 0.15) is 12.2 Å². The van der Waals surface area contributed by atoms with Gasteiger partial charge in [0.15, 0.2) is 8.32 Å². The number of carbonyl (C=O) groups excluding carboxylic acids is 2. The van der Waals surface area contributed by atoms with Crippen LogP contribution >= 0.6 is 23.2 Å². The van der Waals surface area contributed by atoms with Crippen LogP contribution in [0.15, 0.2) is 12.7 Å². The summed E-state index contributed by atoms with van der Waals surface area (Å²) in [5.41, 5.74) is -0.814. The highest BCUT2D eigenvalue weighted by atomic mass is 35.5. The molecule has 2 heterocycles. The summed E-state index contributed by atoms with van der Waals surface area (Å²) in [6, 6.07) is 0. The highest BCUT2D eigenvalue weighted by Crippen LogP contribution is 2.41. The molecule has 1 saturated heterocycles. The highest BCUT2D eigenvalue weighted by molar-refractivity contribution is 6.74. The Morgan fingerprint density at radius 3 is 2.42 bits per heavy atom. The van der Waals surface area contributed by atoms with Crippen LogP contribution in [0, 0.1) is 29.1 Å². The number of fused-ring (bicyclic) bond motifs is 2. The summed E-state index contributed by atoms with van der Waals surface area (Å²) in [7, 11) is -2.04. The molecule has 0 spiro atoms. The van der Waals surface area contributed by atoms with Crippen LogP contribution in [0.2, 0.25) is 18.1 Å². The van der Waals surface area contributed by atoms with Crippen LogP contribution in [-0.4, -0.2) is 55.6 Å². The van der Waals surface area contributed by atoms with Gasteiger partial charge in [-0.1, -0.05) is 90.2 Å². The summed E-state index contributed by atoms with van der Waals surface area (Å²) in [6.45, 7) is 22.9. The van der Waals surface area contributed by atoms with E-state index in [0.29, 0.717) is 12.8 Å². The zero-order valence-electron chi connectivity index (χ0n) is 24.4. The zero-order valence-corrected chi connectivity index (χ0v) is 26.9. The van der Waals surface area contributed by atoms with E-state index in [9.17, 15) is 9.59 Å². The van der Waals surface area contributed by atoms with Crippen molar-refractivity contribution < 1.29 is 28.2 Å². The molecule has 38 heavy (non-hydrogen) atoms. The Morgan fingerprint density at radius 1 is 1.24 bits per heavy atom. The lowest BCUT2D eigenvalue weighted by Gasteiger charge is -2.46. The maximum Gasteiger partial charge on any atom is 0.339 e. The molecule has 0 aromatic heterocycles. The first-order valence-electron chi connectivity index (χ1n) is 13.5. The molecule has 9 heteroatoms. The van der Waals surface area contributed by atoms with Gasteiger partial charge in [0, 0.05) is 23.7 Å². The minimum Gasteiger partial charge on any atom is -0.460 e. The normalized spacial score (nSPS) is 32.8. The molecule has 1 fully saturated rings. The van der Waals surface area contributed by atoms with E-state index in [1.165, 1.54) is 0 Å². The van der Waals surface area contributed by atoms with Gasteiger partial charge in [0.25, 0.3) is 0 Å². The lowest BCUT2D eigenvalue weighted by molar-refractivity contribution is -0.174. The first-order chi connectivity index (χ1) is 17.4. The maximum atomic E-state index is 13.2. The van der Waals surface area contributed by atoms with Crippen LogP contribution in [0.5, 0.6) is 0 Å². The average molecular weight is 590 g/mol. The Morgan fingerprint density at radius 2 is 1.87 bits per heavy atom. The summed E-state index contributed by atoms with van der Waals surface area (Å²) < 4.78 is 24.9. The van der Waals surface area contributed by atoms with Gasteiger partial charge in [-0.15, -0.1) is 5.92 Å². The first kappa shape index (κ1) is 33.2. The van der Waals surface area contributed by atoms with Crippen LogP contribution in [0.1, 0.15) is 74.1 Å². The Balaban J connectivity index is 2.41. The molecule has 0 saturated carbocycles. The molecule has 0 N–H and O–H groups in total. The second kappa shape index (κ2) is 13.1. The molecule has 2 rings (SSSR count). The van der Waals surface area contributed by atoms with E-state index in [0.717, 1.165) is 6.42 Å². The van der Waals surface area contributed by atoms with Crippen LogP contribution in [-0.2, 0) is 28.2 Å². The second-order valence-corrected chi connectivity index (χ2v) is 18.7. The van der Waals surface area contributed by atoms with Crippen LogP contribution in [0.3, 0.4) is 0 Å². The molecule has 0 radical (unpaired) electrons. The Bertz CT molecular complexity index is 916. The van der Waals surface area contributed by atoms with E-state index in [1.807, 2.05) is 20.8 Å². The SMILES string of the molecule is C=C[C@H]1OC(=O)C[C@@H]2O[C@H](CC#C[C@H](C)C[C@@H](OC(=O)C(Cl)Cl)C1(C)C)C[C@H](O[Si](C)(C)C(C)(C)C)[C@H]2C. The number of cyclic esters (lactones) is 1. The van der Waals surface area contributed by atoms with Gasteiger partial charge in [0.2, 0.25) is 4.84 Å². The van der Waals surface area contributed by atoms with Crippen LogP contribution in [0.4, 0.5) is 0 Å². The topological polar surface area (TPSA) is 71.1 Å². The summed E-state index contributed by atoms with van der Waals surface area (Å²) in [6.07, 6.45) is 1.36. The van der Waals surface area contributed by atoms with Crippen molar-refractivity contribution in [1.29, 1.82) is 0 Å². The molecule has 216 valence electrons. The standard InChI is InChI=1S/C29H46Cl2O6Si/c1-11-23-29(7,8)24(36-27(33)26(30)31)15-18(2)13-12-14-20-16-22(37-38(9,10)28(4,5)6)19(3)21(34-20)17-25(32)35-23/h11,18-24,26H,1,14-17H2,2-10H3/t18-,19-,20+,21-,22-,23+,24+/m0/s1. The molecular formula is C29H46Cl2O6Si. The van der Waals surface area contributed by atoms with Crippen molar-refractivity contribution in [2.45, 2.75) is 128 Å². The molecule has 0 amide bonds. The van der Waals surface area contributed by atoms with E-state index >= 15 is 0 Å². The van der Waals surface area contributed by atoms with Gasteiger partial charge in [0.05, 0.1) is 24.7 Å². The van der Waals surface area contributed by atoms with Crippen molar-refractivity contribution in [3.63, 3.8) is 0 Å². The number of carbonyl (C=O) groups is 2. The van der Waals surface area contributed by atoms with Crippen molar-refractivity contribution in [3.8, 4) is 11.8 Å². The summed E-state index contributed by atoms with van der Waals surface area (Å²) in [5.74, 6) is 5.32. The molecule has 2 bridgehead atoms. The summed E-state index contributed by atoms with van der Waals surface area (Å²) in [4.78, 5) is 24.3. The third-order valence-corrected chi connectivity index (χ3v) is 13.2. The molecular weight excluding hydrogens is 543 g/mol. The first-order valence-corrected chi connectivity index (χ1v) is 17.3. The van der Waals surface area contributed by atoms with Gasteiger partial charge in [-0.05, 0) is 31.0 Å². The van der Waals surface area contributed by atoms with Crippen molar-refractivity contribution in [2.24, 2.45) is 17.3 Å². The Kier molecular flexibility index (Phi) is 11.4. The lowest BCUT2D eigenvalue weighted by Crippen LogP contribution is -2.52. The van der Waals surface area contributed by atoms with Gasteiger partial charge in [-0.2, -0.15) is 0 Å². The minimum absolute atomic E-state index is 0.000911. The molecule has 0 aliphatic carbocycles. The maximum absolute atomic E-state index is 13.2. The molecule has 7 atom stereocenters. The number of alkyl halides is 2. The van der Waals surface area contributed by atoms with Gasteiger partial charge >= 0.3 is 11.9 Å². The van der Waals surface area contributed by atoms with Crippen LogP contribution in [0.25, 0.3) is 0 Å². The van der Waals surface area contributed by atoms with E-state index < -0.39 is 42.7 Å². The largest absolute Gasteiger partial charge is 0.460 e. The van der Waals surface area contributed by atoms with E-state index in [4.69, 9.17) is 41.8 Å². The molecule has 0 aromatic rings. The predicted octanol–water partition coefficient (Wildman–Crippen LogP) is 6.83. The Hall–Kier alpha value is -1.04. The van der Waals surface area contributed by atoms with Gasteiger partial charge in [-0.25, -0.2) is 4.79 Å². The number of rotatable bonds is 5. The second-order valence-electron chi connectivity index (χ2n) is 12.9. The predicted molar refractivity (Wildman–Crippen MR) is 155 cm³/mol. The van der Waals surface area contributed by atoms with E-state index in [2.05, 4.69) is 59.2 Å². The molecule has 6 nitrogen and oxygen atoms in total. The molecule has 0 aromatic carbocycles. The van der Waals surface area contributed by atoms with Crippen molar-refractivity contribution in [3.05, 3.63) is 12.7 Å². The fraction of sp³-hybridized carbons (Fsp3) is 0.793. The third-order valence-electron chi connectivity index (χ3n) is 8.37. The van der Waals surface area contributed by atoms with Crippen molar-refractivity contribution >= 4 is 43.5 Å². The third kappa shape index (κ3) is 8.48. The number of esters is 2. The molecule has 2 aliphatic rings. The van der Waals surface area contributed by atoms with E-state index in [-0.39, 0.29) is 41.6 Å². The lowest BCUT2D eigenvalue weighted by atomic mass is 9.77. The smallest absolute Gasteiger partial charge is 0.339 e. The minimum atomic E-state index is -2.04. The van der Waals surface area contributed by atoms with E-state index in [1.54, 1.807) is 6.08 Å². The average Bonchev–Trinajstić information content (AvgIpc) is 2.78. The fourth-order valence-electron chi connectivity index (χ4n) is 4.68. The van der Waals surface area contributed by atoms with Crippen molar-refractivity contribution in [1.82, 2.24) is 0 Å². The van der Waals surface area contributed by atoms with Gasteiger partial charge < -0.3 is 18.6 Å². The number of halogens is 2. The molecule has 0 unspecified atom stereocenters. The quantitative estimate of drug-likeness (QED) is 0.115. The summed E-state index contributed by atoms with van der Waals surface area (Å²) >= 11 is 11.5. The highest BCUT2D eigenvalue weighted by Gasteiger charge is 2.46. The van der Waals surface area contributed by atoms with Gasteiger partial charge in [-0.3, -0.25) is 4.79 Å². The number of hydrogen-bond acceptors (Lipinski definition) is 6. The fourth-order valence-corrected chi connectivity index (χ4v) is 6.20. The Labute approximate surface area is 240 Å². The van der Waals surface area contributed by atoms with Crippen molar-refractivity contribution in [2.75, 3.05) is 0 Å². The number of ether oxygens (including phenoxy) is 3.